The minimum Gasteiger partial charge on any atom is -0.347 e. The highest BCUT2D eigenvalue weighted by molar-refractivity contribution is 7.09. The second kappa shape index (κ2) is 5.69. The molecule has 1 N–H and O–H groups in total. The zero-order valence-corrected chi connectivity index (χ0v) is 12.6. The largest absolute Gasteiger partial charge is 0.347 e. The van der Waals surface area contributed by atoms with Crippen LogP contribution < -0.4 is 10.2 Å². The van der Waals surface area contributed by atoms with Gasteiger partial charge in [0.1, 0.15) is 0 Å². The number of thiophene rings is 1. The van der Waals surface area contributed by atoms with Gasteiger partial charge < -0.3 is 10.2 Å². The Bertz CT molecular complexity index is 680. The van der Waals surface area contributed by atoms with E-state index < -0.39 is 0 Å². The van der Waals surface area contributed by atoms with Crippen molar-refractivity contribution in [1.29, 1.82) is 0 Å². The van der Waals surface area contributed by atoms with Gasteiger partial charge in [0.2, 0.25) is 5.91 Å². The van der Waals surface area contributed by atoms with Crippen LogP contribution >= 0.6 is 11.3 Å². The number of amides is 2. The van der Waals surface area contributed by atoms with E-state index in [9.17, 15) is 9.59 Å². The van der Waals surface area contributed by atoms with E-state index in [1.807, 2.05) is 29.6 Å². The Labute approximate surface area is 127 Å². The molecular formula is C16H16N2O2S. The van der Waals surface area contributed by atoms with Crippen molar-refractivity contribution in [3.05, 3.63) is 51.7 Å². The van der Waals surface area contributed by atoms with E-state index in [1.54, 1.807) is 29.2 Å². The molecule has 2 aromatic rings. The maximum atomic E-state index is 12.2. The summed E-state index contributed by atoms with van der Waals surface area (Å²) in [6.45, 7) is 2.81. The maximum absolute atomic E-state index is 12.2. The van der Waals surface area contributed by atoms with Crippen molar-refractivity contribution in [3.63, 3.8) is 0 Å². The molecule has 0 atom stereocenters. The monoisotopic (exact) mass is 300 g/mol. The molecule has 3 rings (SSSR count). The number of rotatable bonds is 3. The van der Waals surface area contributed by atoms with Gasteiger partial charge in [-0.1, -0.05) is 6.07 Å². The van der Waals surface area contributed by atoms with Gasteiger partial charge in [0.25, 0.3) is 5.91 Å². The Balaban J connectivity index is 1.72. The molecular weight excluding hydrogens is 284 g/mol. The van der Waals surface area contributed by atoms with E-state index in [4.69, 9.17) is 0 Å². The van der Waals surface area contributed by atoms with Gasteiger partial charge in [-0.25, -0.2) is 0 Å². The number of nitrogens with one attached hydrogen (secondary N) is 1. The molecule has 2 heterocycles. The molecule has 0 saturated carbocycles. The lowest BCUT2D eigenvalue weighted by Crippen LogP contribution is -2.25. The number of hydrogen-bond acceptors (Lipinski definition) is 3. The molecule has 5 heteroatoms. The van der Waals surface area contributed by atoms with Crippen LogP contribution in [0.1, 0.15) is 27.7 Å². The standard InChI is InChI=1S/C16H16N2O2S/c1-11(19)18-7-6-12-9-13(4-5-15(12)18)16(20)17-10-14-3-2-8-21-14/h2-5,8-9H,6-7,10H2,1H3,(H,17,20). The third-order valence-electron chi connectivity index (χ3n) is 3.62. The van der Waals surface area contributed by atoms with Crippen LogP contribution in [0.25, 0.3) is 0 Å². The van der Waals surface area contributed by atoms with Crippen LogP contribution in [0.4, 0.5) is 5.69 Å². The first-order valence-electron chi connectivity index (χ1n) is 6.87. The van der Waals surface area contributed by atoms with Gasteiger partial charge >= 0.3 is 0 Å². The van der Waals surface area contributed by atoms with Crippen molar-refractivity contribution in [3.8, 4) is 0 Å². The van der Waals surface area contributed by atoms with Crippen LogP contribution in [0, 0.1) is 0 Å². The number of hydrogen-bond donors (Lipinski definition) is 1. The third-order valence-corrected chi connectivity index (χ3v) is 4.50. The molecule has 0 radical (unpaired) electrons. The molecule has 2 amide bonds. The summed E-state index contributed by atoms with van der Waals surface area (Å²) >= 11 is 1.62. The summed E-state index contributed by atoms with van der Waals surface area (Å²) in [5.41, 5.74) is 2.64. The number of fused-ring (bicyclic) bond motifs is 1. The fourth-order valence-corrected chi connectivity index (χ4v) is 3.20. The van der Waals surface area contributed by atoms with Crippen molar-refractivity contribution >= 4 is 28.8 Å². The Morgan fingerprint density at radius 3 is 2.90 bits per heavy atom. The van der Waals surface area contributed by atoms with Crippen LogP contribution in [-0.2, 0) is 17.8 Å². The van der Waals surface area contributed by atoms with Gasteiger partial charge in [0.05, 0.1) is 6.54 Å². The molecule has 1 aromatic heterocycles. The summed E-state index contributed by atoms with van der Waals surface area (Å²) in [6, 6.07) is 9.51. The molecule has 4 nitrogen and oxygen atoms in total. The summed E-state index contributed by atoms with van der Waals surface area (Å²) in [5, 5.41) is 4.91. The summed E-state index contributed by atoms with van der Waals surface area (Å²) in [6.07, 6.45) is 0.807. The van der Waals surface area contributed by atoms with Crippen molar-refractivity contribution in [1.82, 2.24) is 5.32 Å². The minimum absolute atomic E-state index is 0.0450. The Morgan fingerprint density at radius 2 is 2.19 bits per heavy atom. The van der Waals surface area contributed by atoms with E-state index in [0.717, 1.165) is 22.5 Å². The van der Waals surface area contributed by atoms with Crippen molar-refractivity contribution in [2.75, 3.05) is 11.4 Å². The Morgan fingerprint density at radius 1 is 1.33 bits per heavy atom. The number of nitrogens with zero attached hydrogens (tertiary/aromatic N) is 1. The van der Waals surface area contributed by atoms with E-state index in [1.165, 1.54) is 0 Å². The van der Waals surface area contributed by atoms with Crippen LogP contribution in [-0.4, -0.2) is 18.4 Å². The van der Waals surface area contributed by atoms with Gasteiger partial charge in [-0.3, -0.25) is 9.59 Å². The molecule has 0 saturated heterocycles. The first-order chi connectivity index (χ1) is 10.1. The first-order valence-corrected chi connectivity index (χ1v) is 7.75. The fourth-order valence-electron chi connectivity index (χ4n) is 2.55. The minimum atomic E-state index is -0.0764. The zero-order chi connectivity index (χ0) is 14.8. The lowest BCUT2D eigenvalue weighted by Gasteiger charge is -2.14. The summed E-state index contributed by atoms with van der Waals surface area (Å²) in [5.74, 6) is -0.0314. The first kappa shape index (κ1) is 13.8. The average molecular weight is 300 g/mol. The molecule has 1 aromatic carbocycles. The fraction of sp³-hybridized carbons (Fsp3) is 0.250. The van der Waals surface area contributed by atoms with Crippen LogP contribution in [0.5, 0.6) is 0 Å². The molecule has 0 spiro atoms. The Hall–Kier alpha value is -2.14. The highest BCUT2D eigenvalue weighted by Gasteiger charge is 2.23. The van der Waals surface area contributed by atoms with Crippen LogP contribution in [0.15, 0.2) is 35.7 Å². The molecule has 1 aliphatic heterocycles. The summed E-state index contributed by atoms with van der Waals surface area (Å²) in [7, 11) is 0. The van der Waals surface area contributed by atoms with Gasteiger partial charge in [-0.15, -0.1) is 11.3 Å². The topological polar surface area (TPSA) is 49.4 Å². The van der Waals surface area contributed by atoms with Gasteiger partial charge in [-0.05, 0) is 41.6 Å². The number of carbonyl (C=O) groups excluding carboxylic acids is 2. The Kier molecular flexibility index (Phi) is 3.75. The molecule has 1 aliphatic rings. The molecule has 0 aliphatic carbocycles. The molecule has 0 unspecified atom stereocenters. The van der Waals surface area contributed by atoms with Crippen molar-refractivity contribution in [2.24, 2.45) is 0 Å². The second-order valence-corrected chi connectivity index (χ2v) is 6.06. The third kappa shape index (κ3) is 2.83. The number of benzene rings is 1. The molecule has 21 heavy (non-hydrogen) atoms. The van der Waals surface area contributed by atoms with Crippen LogP contribution in [0.2, 0.25) is 0 Å². The van der Waals surface area contributed by atoms with E-state index >= 15 is 0 Å². The quantitative estimate of drug-likeness (QED) is 0.947. The van der Waals surface area contributed by atoms with E-state index in [2.05, 4.69) is 5.32 Å². The molecule has 0 bridgehead atoms. The van der Waals surface area contributed by atoms with Crippen molar-refractivity contribution in [2.45, 2.75) is 19.9 Å². The van der Waals surface area contributed by atoms with Crippen molar-refractivity contribution < 1.29 is 9.59 Å². The molecule has 108 valence electrons. The predicted octanol–water partition coefficient (Wildman–Crippen LogP) is 2.59. The predicted molar refractivity (Wildman–Crippen MR) is 83.7 cm³/mol. The van der Waals surface area contributed by atoms with Crippen LogP contribution in [0.3, 0.4) is 0 Å². The lowest BCUT2D eigenvalue weighted by atomic mass is 10.1. The lowest BCUT2D eigenvalue weighted by molar-refractivity contribution is -0.116. The second-order valence-electron chi connectivity index (χ2n) is 5.03. The number of anilines is 1. The number of carbonyl (C=O) groups is 2. The van der Waals surface area contributed by atoms with Gasteiger partial charge in [-0.2, -0.15) is 0 Å². The highest BCUT2D eigenvalue weighted by atomic mass is 32.1. The summed E-state index contributed by atoms with van der Waals surface area (Å²) < 4.78 is 0. The van der Waals surface area contributed by atoms with E-state index in [-0.39, 0.29) is 11.8 Å². The highest BCUT2D eigenvalue weighted by Crippen LogP contribution is 2.28. The van der Waals surface area contributed by atoms with Gasteiger partial charge in [0.15, 0.2) is 0 Å². The van der Waals surface area contributed by atoms with Gasteiger partial charge in [0, 0.05) is 29.6 Å². The maximum Gasteiger partial charge on any atom is 0.251 e. The normalized spacial score (nSPS) is 13.1. The zero-order valence-electron chi connectivity index (χ0n) is 11.8. The average Bonchev–Trinajstić information content (AvgIpc) is 3.13. The SMILES string of the molecule is CC(=O)N1CCc2cc(C(=O)NCc3cccs3)ccc21. The van der Waals surface area contributed by atoms with E-state index in [0.29, 0.717) is 18.7 Å². The summed E-state index contributed by atoms with van der Waals surface area (Å²) in [4.78, 5) is 26.6. The molecule has 0 fully saturated rings. The smallest absolute Gasteiger partial charge is 0.251 e.